The van der Waals surface area contributed by atoms with Crippen LogP contribution in [0.25, 0.3) is 0 Å². The summed E-state index contributed by atoms with van der Waals surface area (Å²) < 4.78 is 20.6. The molecule has 1 atom stereocenters. The van der Waals surface area contributed by atoms with Gasteiger partial charge in [-0.05, 0) is 54.1 Å². The fraction of sp³-hybridized carbons (Fsp3) is 0.292. The molecule has 0 aliphatic carbocycles. The largest absolute Gasteiger partial charge is 0.497 e. The zero-order valence-corrected chi connectivity index (χ0v) is 17.1. The zero-order valence-electron chi connectivity index (χ0n) is 17.1. The van der Waals surface area contributed by atoms with E-state index in [2.05, 4.69) is 9.47 Å². The lowest BCUT2D eigenvalue weighted by molar-refractivity contribution is -0.132. The van der Waals surface area contributed by atoms with Gasteiger partial charge in [0.25, 0.3) is 0 Å². The molecular formula is C24H26FN3O2. The number of ether oxygens (including phenoxy) is 1. The second kappa shape index (κ2) is 9.03. The third-order valence-corrected chi connectivity index (χ3v) is 5.66. The highest BCUT2D eigenvalue weighted by molar-refractivity contribution is 5.77. The van der Waals surface area contributed by atoms with Crippen molar-refractivity contribution in [3.8, 4) is 5.75 Å². The molecule has 156 valence electrons. The summed E-state index contributed by atoms with van der Waals surface area (Å²) in [6.07, 6.45) is 4.37. The van der Waals surface area contributed by atoms with E-state index in [0.717, 1.165) is 30.1 Å². The summed E-state index contributed by atoms with van der Waals surface area (Å²) in [5, 5.41) is 0. The second-order valence-electron chi connectivity index (χ2n) is 7.47. The van der Waals surface area contributed by atoms with Gasteiger partial charge in [0.2, 0.25) is 5.91 Å². The van der Waals surface area contributed by atoms with Crippen molar-refractivity contribution >= 4 is 11.6 Å². The van der Waals surface area contributed by atoms with Crippen LogP contribution in [0.1, 0.15) is 18.0 Å². The van der Waals surface area contributed by atoms with Crippen LogP contribution in [0.2, 0.25) is 0 Å². The number of amides is 1. The first-order valence-corrected chi connectivity index (χ1v) is 10.2. The van der Waals surface area contributed by atoms with Crippen molar-refractivity contribution in [2.45, 2.75) is 12.5 Å². The SMILES string of the molecule is COc1cccc(C(CC(=O)N2CCN(c3ccc(F)cc3)CC2)n2cccc2)c1. The number of anilines is 1. The van der Waals surface area contributed by atoms with Crippen molar-refractivity contribution in [2.75, 3.05) is 38.2 Å². The average molecular weight is 407 g/mol. The van der Waals surface area contributed by atoms with Crippen molar-refractivity contribution in [2.24, 2.45) is 0 Å². The molecule has 3 aromatic rings. The van der Waals surface area contributed by atoms with Gasteiger partial charge in [0.1, 0.15) is 11.6 Å². The monoisotopic (exact) mass is 407 g/mol. The molecule has 1 unspecified atom stereocenters. The number of aromatic nitrogens is 1. The number of carbonyl (C=O) groups excluding carboxylic acids is 1. The number of carbonyl (C=O) groups is 1. The smallest absolute Gasteiger partial charge is 0.225 e. The lowest BCUT2D eigenvalue weighted by Crippen LogP contribution is -2.49. The molecule has 0 N–H and O–H groups in total. The van der Waals surface area contributed by atoms with Gasteiger partial charge in [0.15, 0.2) is 0 Å². The van der Waals surface area contributed by atoms with Crippen molar-refractivity contribution in [3.05, 3.63) is 84.4 Å². The van der Waals surface area contributed by atoms with E-state index in [1.165, 1.54) is 12.1 Å². The first-order valence-electron chi connectivity index (χ1n) is 10.2. The van der Waals surface area contributed by atoms with Crippen molar-refractivity contribution in [1.82, 2.24) is 9.47 Å². The van der Waals surface area contributed by atoms with E-state index in [9.17, 15) is 9.18 Å². The number of methoxy groups -OCH3 is 1. The molecular weight excluding hydrogens is 381 g/mol. The predicted octanol–water partition coefficient (Wildman–Crippen LogP) is 3.96. The normalized spacial score (nSPS) is 15.1. The Morgan fingerprint density at radius 2 is 1.70 bits per heavy atom. The highest BCUT2D eigenvalue weighted by Gasteiger charge is 2.25. The third-order valence-electron chi connectivity index (χ3n) is 5.66. The molecule has 1 saturated heterocycles. The molecule has 0 saturated carbocycles. The second-order valence-corrected chi connectivity index (χ2v) is 7.47. The van der Waals surface area contributed by atoms with Crippen LogP contribution in [0.15, 0.2) is 73.1 Å². The number of halogens is 1. The zero-order chi connectivity index (χ0) is 20.9. The first kappa shape index (κ1) is 20.0. The van der Waals surface area contributed by atoms with Crippen molar-refractivity contribution in [3.63, 3.8) is 0 Å². The molecule has 0 bridgehead atoms. The maximum atomic E-state index is 13.2. The molecule has 0 radical (unpaired) electrons. The average Bonchev–Trinajstić information content (AvgIpc) is 3.32. The highest BCUT2D eigenvalue weighted by atomic mass is 19.1. The molecule has 1 fully saturated rings. The Kier molecular flexibility index (Phi) is 6.02. The topological polar surface area (TPSA) is 37.7 Å². The number of hydrogen-bond acceptors (Lipinski definition) is 3. The molecule has 4 rings (SSSR count). The summed E-state index contributed by atoms with van der Waals surface area (Å²) in [4.78, 5) is 17.2. The Morgan fingerprint density at radius 3 is 2.37 bits per heavy atom. The van der Waals surface area contributed by atoms with E-state index in [0.29, 0.717) is 19.5 Å². The molecule has 2 aromatic carbocycles. The molecule has 6 heteroatoms. The Labute approximate surface area is 176 Å². The van der Waals surface area contributed by atoms with Gasteiger partial charge in [0.05, 0.1) is 19.6 Å². The van der Waals surface area contributed by atoms with Crippen LogP contribution >= 0.6 is 0 Å². The van der Waals surface area contributed by atoms with E-state index in [4.69, 9.17) is 4.74 Å². The van der Waals surface area contributed by atoms with Crippen LogP contribution in [0.5, 0.6) is 5.75 Å². The van der Waals surface area contributed by atoms with Crippen molar-refractivity contribution in [1.29, 1.82) is 0 Å². The number of hydrogen-bond donors (Lipinski definition) is 0. The molecule has 1 aliphatic heterocycles. The fourth-order valence-corrected chi connectivity index (χ4v) is 3.96. The molecule has 30 heavy (non-hydrogen) atoms. The van der Waals surface area contributed by atoms with Gasteiger partial charge in [-0.15, -0.1) is 0 Å². The van der Waals surface area contributed by atoms with Crippen LogP contribution in [-0.2, 0) is 4.79 Å². The standard InChI is InChI=1S/C24H26FN3O2/c1-30-22-6-4-5-19(17-22)23(27-11-2-3-12-27)18-24(29)28-15-13-26(14-16-28)21-9-7-20(25)8-10-21/h2-12,17,23H,13-16,18H2,1H3. The minimum Gasteiger partial charge on any atom is -0.497 e. The fourth-order valence-electron chi connectivity index (χ4n) is 3.96. The molecule has 2 heterocycles. The number of piperazine rings is 1. The summed E-state index contributed by atoms with van der Waals surface area (Å²) in [5.41, 5.74) is 2.04. The summed E-state index contributed by atoms with van der Waals surface area (Å²) in [5.74, 6) is 0.682. The van der Waals surface area contributed by atoms with Crippen LogP contribution in [0.3, 0.4) is 0 Å². The number of nitrogens with zero attached hydrogens (tertiary/aromatic N) is 3. The maximum absolute atomic E-state index is 13.2. The molecule has 1 aliphatic rings. The maximum Gasteiger partial charge on any atom is 0.225 e. The third kappa shape index (κ3) is 4.48. The highest BCUT2D eigenvalue weighted by Crippen LogP contribution is 2.27. The van der Waals surface area contributed by atoms with E-state index < -0.39 is 0 Å². The minimum absolute atomic E-state index is 0.0854. The molecule has 1 amide bonds. The van der Waals surface area contributed by atoms with Gasteiger partial charge in [-0.3, -0.25) is 4.79 Å². The van der Waals surface area contributed by atoms with Crippen LogP contribution in [0.4, 0.5) is 10.1 Å². The lowest BCUT2D eigenvalue weighted by Gasteiger charge is -2.36. The van der Waals surface area contributed by atoms with Gasteiger partial charge in [-0.1, -0.05) is 12.1 Å². The predicted molar refractivity (Wildman–Crippen MR) is 115 cm³/mol. The molecule has 5 nitrogen and oxygen atoms in total. The van der Waals surface area contributed by atoms with E-state index in [-0.39, 0.29) is 17.8 Å². The Balaban J connectivity index is 1.44. The molecule has 1 aromatic heterocycles. The molecule has 0 spiro atoms. The van der Waals surface area contributed by atoms with Crippen LogP contribution < -0.4 is 9.64 Å². The Morgan fingerprint density at radius 1 is 1.00 bits per heavy atom. The summed E-state index contributed by atoms with van der Waals surface area (Å²) >= 11 is 0. The van der Waals surface area contributed by atoms with Gasteiger partial charge in [-0.2, -0.15) is 0 Å². The van der Waals surface area contributed by atoms with Gasteiger partial charge >= 0.3 is 0 Å². The van der Waals surface area contributed by atoms with Crippen LogP contribution in [0, 0.1) is 5.82 Å². The van der Waals surface area contributed by atoms with E-state index in [1.54, 1.807) is 19.2 Å². The van der Waals surface area contributed by atoms with Gasteiger partial charge in [0, 0.05) is 44.3 Å². The lowest BCUT2D eigenvalue weighted by atomic mass is 10.0. The Bertz CT molecular complexity index is 964. The van der Waals surface area contributed by atoms with Gasteiger partial charge in [-0.25, -0.2) is 4.39 Å². The number of rotatable bonds is 6. The first-order chi connectivity index (χ1) is 14.6. The van der Waals surface area contributed by atoms with Crippen LogP contribution in [-0.4, -0.2) is 48.7 Å². The number of benzene rings is 2. The van der Waals surface area contributed by atoms with E-state index >= 15 is 0 Å². The van der Waals surface area contributed by atoms with Crippen molar-refractivity contribution < 1.29 is 13.9 Å². The summed E-state index contributed by atoms with van der Waals surface area (Å²) in [6.45, 7) is 2.80. The summed E-state index contributed by atoms with van der Waals surface area (Å²) in [6, 6.07) is 18.3. The van der Waals surface area contributed by atoms with Gasteiger partial charge < -0.3 is 19.1 Å². The summed E-state index contributed by atoms with van der Waals surface area (Å²) in [7, 11) is 1.65. The quantitative estimate of drug-likeness (QED) is 0.621. The minimum atomic E-state index is -0.235. The Hall–Kier alpha value is -3.28. The van der Waals surface area contributed by atoms with E-state index in [1.807, 2.05) is 53.7 Å².